The van der Waals surface area contributed by atoms with Crippen LogP contribution in [-0.2, 0) is 9.53 Å². The van der Waals surface area contributed by atoms with Crippen LogP contribution in [0, 0.1) is 24.0 Å². The van der Waals surface area contributed by atoms with Crippen molar-refractivity contribution < 1.29 is 19.2 Å². The molecule has 0 aromatic carbocycles. The number of nitro groups is 1. The standard InChI is InChI=1S/C17H22N6O5/c1-8-6-19-12(9(2)15(8)27-4)14(21-10(3)16(24)28-5)13-11(23(25)26)7-20-17(18)22-13/h6-7,10,14,21H,1-5H3,(H2,18,20,22)/t10-,14?/m1/s1. The summed E-state index contributed by atoms with van der Waals surface area (Å²) in [6.07, 6.45) is 2.60. The van der Waals surface area contributed by atoms with Gasteiger partial charge in [0.25, 0.3) is 0 Å². The maximum Gasteiger partial charge on any atom is 0.322 e. The van der Waals surface area contributed by atoms with E-state index < -0.39 is 23.0 Å². The normalized spacial score (nSPS) is 12.9. The molecule has 2 aromatic heterocycles. The molecule has 2 heterocycles. The Balaban J connectivity index is 2.71. The second-order valence-electron chi connectivity index (χ2n) is 6.09. The lowest BCUT2D eigenvalue weighted by Crippen LogP contribution is -2.39. The Morgan fingerprint density at radius 1 is 1.25 bits per heavy atom. The number of carbonyl (C=O) groups excluding carboxylic acids is 1. The van der Waals surface area contributed by atoms with Crippen LogP contribution < -0.4 is 15.8 Å². The molecule has 1 unspecified atom stereocenters. The Labute approximate surface area is 161 Å². The van der Waals surface area contributed by atoms with Crippen LogP contribution in [0.1, 0.15) is 35.5 Å². The van der Waals surface area contributed by atoms with Gasteiger partial charge in [0.2, 0.25) is 5.95 Å². The lowest BCUT2D eigenvalue weighted by atomic mass is 10.0. The van der Waals surface area contributed by atoms with Crippen molar-refractivity contribution in [3.63, 3.8) is 0 Å². The van der Waals surface area contributed by atoms with E-state index in [1.54, 1.807) is 20.0 Å². The van der Waals surface area contributed by atoms with Crippen molar-refractivity contribution in [1.29, 1.82) is 0 Å². The maximum absolute atomic E-state index is 11.9. The van der Waals surface area contributed by atoms with Crippen LogP contribution in [0.25, 0.3) is 0 Å². The second-order valence-corrected chi connectivity index (χ2v) is 6.09. The van der Waals surface area contributed by atoms with Crippen molar-refractivity contribution in [1.82, 2.24) is 20.3 Å². The van der Waals surface area contributed by atoms with Gasteiger partial charge in [0.1, 0.15) is 29.7 Å². The fourth-order valence-electron chi connectivity index (χ4n) is 2.88. The van der Waals surface area contributed by atoms with E-state index in [9.17, 15) is 14.9 Å². The van der Waals surface area contributed by atoms with E-state index in [4.69, 9.17) is 15.2 Å². The minimum Gasteiger partial charge on any atom is -0.496 e. The summed E-state index contributed by atoms with van der Waals surface area (Å²) in [5.41, 5.74) is 7.13. The number of carbonyl (C=O) groups is 1. The molecule has 150 valence electrons. The van der Waals surface area contributed by atoms with Crippen molar-refractivity contribution >= 4 is 17.6 Å². The number of pyridine rings is 1. The lowest BCUT2D eigenvalue weighted by Gasteiger charge is -2.24. The number of anilines is 1. The summed E-state index contributed by atoms with van der Waals surface area (Å²) in [6.45, 7) is 5.16. The van der Waals surface area contributed by atoms with E-state index in [2.05, 4.69) is 20.3 Å². The quantitative estimate of drug-likeness (QED) is 0.400. The van der Waals surface area contributed by atoms with Crippen LogP contribution in [0.2, 0.25) is 0 Å². The van der Waals surface area contributed by atoms with Crippen LogP contribution in [0.5, 0.6) is 5.75 Å². The Morgan fingerprint density at radius 3 is 2.50 bits per heavy atom. The van der Waals surface area contributed by atoms with Gasteiger partial charge in [-0.05, 0) is 20.8 Å². The number of methoxy groups -OCH3 is 2. The van der Waals surface area contributed by atoms with Gasteiger partial charge < -0.3 is 15.2 Å². The van der Waals surface area contributed by atoms with Gasteiger partial charge in [-0.3, -0.25) is 25.2 Å². The molecule has 11 heteroatoms. The van der Waals surface area contributed by atoms with Gasteiger partial charge in [-0.15, -0.1) is 0 Å². The molecule has 2 rings (SSSR count). The molecule has 0 radical (unpaired) electrons. The maximum atomic E-state index is 11.9. The third-order valence-electron chi connectivity index (χ3n) is 4.22. The number of nitrogens with two attached hydrogens (primary N) is 1. The van der Waals surface area contributed by atoms with E-state index in [1.807, 2.05) is 6.92 Å². The van der Waals surface area contributed by atoms with Gasteiger partial charge in [0, 0.05) is 17.3 Å². The van der Waals surface area contributed by atoms with Gasteiger partial charge in [0.05, 0.1) is 24.8 Å². The summed E-state index contributed by atoms with van der Waals surface area (Å²) in [5, 5.41) is 14.5. The Kier molecular flexibility index (Phi) is 6.41. The zero-order valence-corrected chi connectivity index (χ0v) is 16.2. The highest BCUT2D eigenvalue weighted by Gasteiger charge is 2.32. The number of aromatic nitrogens is 3. The van der Waals surface area contributed by atoms with Crippen LogP contribution in [0.4, 0.5) is 11.6 Å². The molecule has 0 aliphatic carbocycles. The predicted octanol–water partition coefficient (Wildman–Crippen LogP) is 1.23. The lowest BCUT2D eigenvalue weighted by molar-refractivity contribution is -0.386. The average Bonchev–Trinajstić information content (AvgIpc) is 2.65. The predicted molar refractivity (Wildman–Crippen MR) is 99.8 cm³/mol. The first-order valence-electron chi connectivity index (χ1n) is 8.32. The first-order chi connectivity index (χ1) is 13.2. The minimum atomic E-state index is -0.936. The summed E-state index contributed by atoms with van der Waals surface area (Å²) in [4.78, 5) is 35.0. The van der Waals surface area contributed by atoms with E-state index >= 15 is 0 Å². The molecule has 0 aliphatic heterocycles. The molecular formula is C17H22N6O5. The molecule has 2 aromatic rings. The van der Waals surface area contributed by atoms with E-state index in [1.165, 1.54) is 14.2 Å². The zero-order valence-electron chi connectivity index (χ0n) is 16.2. The number of rotatable bonds is 7. The number of esters is 1. The number of nitrogen functional groups attached to an aromatic ring is 1. The van der Waals surface area contributed by atoms with Crippen molar-refractivity contribution in [3.05, 3.63) is 45.0 Å². The van der Waals surface area contributed by atoms with Gasteiger partial charge in [-0.25, -0.2) is 9.97 Å². The van der Waals surface area contributed by atoms with Gasteiger partial charge in [-0.2, -0.15) is 0 Å². The van der Waals surface area contributed by atoms with Crippen molar-refractivity contribution in [2.24, 2.45) is 0 Å². The molecule has 0 aliphatic rings. The van der Waals surface area contributed by atoms with E-state index in [0.717, 1.165) is 11.8 Å². The van der Waals surface area contributed by atoms with E-state index in [0.29, 0.717) is 17.0 Å². The number of hydrogen-bond acceptors (Lipinski definition) is 10. The van der Waals surface area contributed by atoms with Crippen molar-refractivity contribution in [2.75, 3.05) is 20.0 Å². The summed E-state index contributed by atoms with van der Waals surface area (Å²) in [7, 11) is 2.77. The molecule has 2 atom stereocenters. The Bertz CT molecular complexity index is 904. The third-order valence-corrected chi connectivity index (χ3v) is 4.22. The number of hydrogen-bond donors (Lipinski definition) is 2. The highest BCUT2D eigenvalue weighted by molar-refractivity contribution is 5.75. The first kappa shape index (κ1) is 21.0. The molecule has 28 heavy (non-hydrogen) atoms. The fourth-order valence-corrected chi connectivity index (χ4v) is 2.88. The van der Waals surface area contributed by atoms with Crippen LogP contribution in [-0.4, -0.2) is 46.1 Å². The molecule has 0 saturated heterocycles. The molecule has 11 nitrogen and oxygen atoms in total. The minimum absolute atomic E-state index is 0.0187. The monoisotopic (exact) mass is 390 g/mol. The smallest absolute Gasteiger partial charge is 0.322 e. The summed E-state index contributed by atoms with van der Waals surface area (Å²) in [6, 6.07) is -1.74. The Hall–Kier alpha value is -3.34. The van der Waals surface area contributed by atoms with Crippen LogP contribution >= 0.6 is 0 Å². The third kappa shape index (κ3) is 4.14. The van der Waals surface area contributed by atoms with Crippen LogP contribution in [0.15, 0.2) is 12.4 Å². The molecule has 0 saturated carbocycles. The van der Waals surface area contributed by atoms with Crippen molar-refractivity contribution in [3.8, 4) is 5.75 Å². The van der Waals surface area contributed by atoms with E-state index in [-0.39, 0.29) is 17.3 Å². The number of nitrogens with one attached hydrogen (secondary N) is 1. The van der Waals surface area contributed by atoms with Gasteiger partial charge >= 0.3 is 11.7 Å². The summed E-state index contributed by atoms with van der Waals surface area (Å²) in [5.74, 6) is -0.117. The topological polar surface area (TPSA) is 155 Å². The molecule has 0 spiro atoms. The highest BCUT2D eigenvalue weighted by atomic mass is 16.6. The van der Waals surface area contributed by atoms with Gasteiger partial charge in [0.15, 0.2) is 0 Å². The highest BCUT2D eigenvalue weighted by Crippen LogP contribution is 2.33. The Morgan fingerprint density at radius 2 is 1.93 bits per heavy atom. The fraction of sp³-hybridized carbons (Fsp3) is 0.412. The molecule has 3 N–H and O–H groups in total. The number of aryl methyl sites for hydroxylation is 1. The number of nitrogens with zero attached hydrogens (tertiary/aromatic N) is 4. The van der Waals surface area contributed by atoms with Crippen molar-refractivity contribution in [2.45, 2.75) is 32.9 Å². The molecule has 0 amide bonds. The summed E-state index contributed by atoms with van der Waals surface area (Å²) >= 11 is 0. The largest absolute Gasteiger partial charge is 0.496 e. The first-order valence-corrected chi connectivity index (χ1v) is 8.32. The average molecular weight is 390 g/mol. The second kappa shape index (κ2) is 8.57. The van der Waals surface area contributed by atoms with Gasteiger partial charge in [-0.1, -0.05) is 0 Å². The molecular weight excluding hydrogens is 368 g/mol. The SMILES string of the molecule is COC(=O)[C@@H](C)NC(c1nc(N)ncc1[N+](=O)[O-])c1ncc(C)c(OC)c1C. The number of ether oxygens (including phenoxy) is 2. The molecule has 0 fully saturated rings. The molecule has 0 bridgehead atoms. The zero-order chi connectivity index (χ0) is 21.0. The van der Waals surface area contributed by atoms with Crippen LogP contribution in [0.3, 0.4) is 0 Å². The summed E-state index contributed by atoms with van der Waals surface area (Å²) < 4.78 is 10.2.